The van der Waals surface area contributed by atoms with Gasteiger partial charge in [0, 0.05) is 11.4 Å². The Morgan fingerprint density at radius 1 is 1.47 bits per heavy atom. The fourth-order valence-corrected chi connectivity index (χ4v) is 2.06. The van der Waals surface area contributed by atoms with Gasteiger partial charge in [-0.15, -0.1) is 11.6 Å². The number of aliphatic carboxylic acids is 1. The summed E-state index contributed by atoms with van der Waals surface area (Å²) in [4.78, 5) is 22.4. The molecule has 0 amide bonds. The van der Waals surface area contributed by atoms with E-state index in [-0.39, 0.29) is 22.9 Å². The van der Waals surface area contributed by atoms with E-state index in [1.54, 1.807) is 25.1 Å². The third kappa shape index (κ3) is 3.54. The van der Waals surface area contributed by atoms with Crippen molar-refractivity contribution in [3.05, 3.63) is 34.9 Å². The van der Waals surface area contributed by atoms with Crippen LogP contribution in [0.3, 0.4) is 0 Å². The van der Waals surface area contributed by atoms with E-state index >= 15 is 0 Å². The van der Waals surface area contributed by atoms with Crippen molar-refractivity contribution in [2.24, 2.45) is 0 Å². The van der Waals surface area contributed by atoms with Crippen LogP contribution in [0, 0.1) is 0 Å². The van der Waals surface area contributed by atoms with E-state index < -0.39 is 5.97 Å². The number of ketones is 1. The second kappa shape index (κ2) is 6.17. The maximum absolute atomic E-state index is 11.9. The van der Waals surface area contributed by atoms with Crippen LogP contribution in [0.5, 0.6) is 0 Å². The fraction of sp³-hybridized carbons (Fsp3) is 0.333. The van der Waals surface area contributed by atoms with E-state index in [4.69, 9.17) is 16.7 Å². The van der Waals surface area contributed by atoms with Gasteiger partial charge in [0.1, 0.15) is 0 Å². The summed E-state index contributed by atoms with van der Waals surface area (Å²) in [5.74, 6) is -0.910. The molecule has 0 saturated carbocycles. The molecule has 0 fully saturated rings. The maximum Gasteiger partial charge on any atom is 0.307 e. The predicted molar refractivity (Wildman–Crippen MR) is 70.1 cm³/mol. The lowest BCUT2D eigenvalue weighted by Crippen LogP contribution is -2.16. The molecule has 0 heterocycles. The number of carboxylic acid groups (broad SMARTS) is 1. The molecule has 17 heavy (non-hydrogen) atoms. The zero-order valence-corrected chi connectivity index (χ0v) is 11.6. The zero-order chi connectivity index (χ0) is 13.0. The van der Waals surface area contributed by atoms with Crippen molar-refractivity contribution in [2.45, 2.75) is 24.1 Å². The first-order valence-corrected chi connectivity index (χ1v) is 6.49. The molecule has 1 rings (SSSR count). The van der Waals surface area contributed by atoms with Crippen molar-refractivity contribution in [3.8, 4) is 0 Å². The molecule has 0 aromatic heterocycles. The lowest BCUT2D eigenvalue weighted by atomic mass is 9.95. The summed E-state index contributed by atoms with van der Waals surface area (Å²) in [5.41, 5.74) is 1.62. The maximum atomic E-state index is 11.9. The normalized spacial score (nSPS) is 12.2. The minimum atomic E-state index is -0.973. The number of alkyl halides is 2. The van der Waals surface area contributed by atoms with Gasteiger partial charge in [0.05, 0.1) is 11.2 Å². The largest absolute Gasteiger partial charge is 0.481 e. The van der Waals surface area contributed by atoms with E-state index in [9.17, 15) is 9.59 Å². The summed E-state index contributed by atoms with van der Waals surface area (Å²) < 4.78 is 0. The molecule has 1 aromatic carbocycles. The van der Waals surface area contributed by atoms with Gasteiger partial charge in [0.15, 0.2) is 5.78 Å². The number of carboxylic acids is 1. The number of halogens is 2. The van der Waals surface area contributed by atoms with Crippen molar-refractivity contribution >= 4 is 39.3 Å². The number of carbonyl (C=O) groups is 2. The van der Waals surface area contributed by atoms with E-state index in [0.717, 1.165) is 0 Å². The number of hydrogen-bond donors (Lipinski definition) is 1. The molecule has 92 valence electrons. The van der Waals surface area contributed by atoms with Gasteiger partial charge in [-0.25, -0.2) is 0 Å². The summed E-state index contributed by atoms with van der Waals surface area (Å²) >= 11 is 8.95. The van der Waals surface area contributed by atoms with Crippen molar-refractivity contribution in [3.63, 3.8) is 0 Å². The molecule has 0 aliphatic carbocycles. The van der Waals surface area contributed by atoms with Crippen LogP contribution in [0.15, 0.2) is 18.2 Å². The molecular weight excluding hydrogens is 307 g/mol. The lowest BCUT2D eigenvalue weighted by molar-refractivity contribution is -0.136. The molecule has 0 spiro atoms. The van der Waals surface area contributed by atoms with Crippen molar-refractivity contribution in [1.82, 2.24) is 0 Å². The smallest absolute Gasteiger partial charge is 0.307 e. The quantitative estimate of drug-likeness (QED) is 0.670. The Bertz CT molecular complexity index is 443. The highest BCUT2D eigenvalue weighted by Crippen LogP contribution is 2.21. The standard InChI is InChI=1S/C12H12BrClO3/c1-7(13)12(17)9-4-2-3-8(6-14)10(9)5-11(15)16/h2-4,7H,5-6H2,1H3,(H,15,16). The van der Waals surface area contributed by atoms with E-state index in [0.29, 0.717) is 16.7 Å². The molecule has 0 radical (unpaired) electrons. The monoisotopic (exact) mass is 318 g/mol. The van der Waals surface area contributed by atoms with Gasteiger partial charge in [-0.05, 0) is 18.1 Å². The SMILES string of the molecule is CC(Br)C(=O)c1cccc(CCl)c1CC(=O)O. The first kappa shape index (κ1) is 14.2. The van der Waals surface area contributed by atoms with Crippen molar-refractivity contribution < 1.29 is 14.7 Å². The van der Waals surface area contributed by atoms with Crippen LogP contribution in [-0.2, 0) is 17.1 Å². The highest BCUT2D eigenvalue weighted by molar-refractivity contribution is 9.10. The summed E-state index contributed by atoms with van der Waals surface area (Å²) in [6.45, 7) is 1.71. The molecule has 0 bridgehead atoms. The second-order valence-corrected chi connectivity index (χ2v) is 5.27. The van der Waals surface area contributed by atoms with Crippen LogP contribution in [0.1, 0.15) is 28.4 Å². The number of carbonyl (C=O) groups excluding carboxylic acids is 1. The van der Waals surface area contributed by atoms with Crippen molar-refractivity contribution in [2.75, 3.05) is 0 Å². The highest BCUT2D eigenvalue weighted by atomic mass is 79.9. The van der Waals surface area contributed by atoms with Crippen LogP contribution >= 0.6 is 27.5 Å². The minimum absolute atomic E-state index is 0.131. The van der Waals surface area contributed by atoms with Gasteiger partial charge in [-0.3, -0.25) is 9.59 Å². The van der Waals surface area contributed by atoms with Gasteiger partial charge in [-0.1, -0.05) is 34.1 Å². The number of hydrogen-bond acceptors (Lipinski definition) is 2. The van der Waals surface area contributed by atoms with Gasteiger partial charge >= 0.3 is 5.97 Å². The average Bonchev–Trinajstić information content (AvgIpc) is 2.27. The molecule has 0 aliphatic rings. The Morgan fingerprint density at radius 2 is 2.12 bits per heavy atom. The second-order valence-electron chi connectivity index (χ2n) is 3.63. The lowest BCUT2D eigenvalue weighted by Gasteiger charge is -2.12. The molecule has 1 aromatic rings. The van der Waals surface area contributed by atoms with Gasteiger partial charge in [-0.2, -0.15) is 0 Å². The van der Waals surface area contributed by atoms with Crippen LogP contribution in [0.2, 0.25) is 0 Å². The van der Waals surface area contributed by atoms with Crippen LogP contribution in [0.25, 0.3) is 0 Å². The van der Waals surface area contributed by atoms with Gasteiger partial charge in [0.25, 0.3) is 0 Å². The summed E-state index contributed by atoms with van der Waals surface area (Å²) in [6.07, 6.45) is -0.191. The molecule has 3 nitrogen and oxygen atoms in total. The zero-order valence-electron chi connectivity index (χ0n) is 9.24. The molecule has 0 aliphatic heterocycles. The third-order valence-electron chi connectivity index (χ3n) is 2.37. The number of rotatable bonds is 5. The first-order chi connectivity index (χ1) is 7.97. The molecular formula is C12H12BrClO3. The molecule has 5 heteroatoms. The molecule has 0 saturated heterocycles. The Balaban J connectivity index is 3.28. The molecule has 1 N–H and O–H groups in total. The highest BCUT2D eigenvalue weighted by Gasteiger charge is 2.19. The summed E-state index contributed by atoms with van der Waals surface area (Å²) in [7, 11) is 0. The minimum Gasteiger partial charge on any atom is -0.481 e. The Hall–Kier alpha value is -0.870. The predicted octanol–water partition coefficient (Wildman–Crippen LogP) is 3.02. The molecule has 1 atom stereocenters. The van der Waals surface area contributed by atoms with Gasteiger partial charge < -0.3 is 5.11 Å². The fourth-order valence-electron chi connectivity index (χ4n) is 1.56. The number of benzene rings is 1. The topological polar surface area (TPSA) is 54.4 Å². The third-order valence-corrected chi connectivity index (χ3v) is 3.08. The Morgan fingerprint density at radius 3 is 2.59 bits per heavy atom. The number of Topliss-reactive ketones (excluding diaryl/α,β-unsaturated/α-hetero) is 1. The van der Waals surface area contributed by atoms with E-state index in [1.807, 2.05) is 0 Å². The summed E-state index contributed by atoms with van der Waals surface area (Å²) in [5, 5.41) is 8.87. The van der Waals surface area contributed by atoms with Gasteiger partial charge in [0.2, 0.25) is 0 Å². The first-order valence-electron chi connectivity index (χ1n) is 5.04. The van der Waals surface area contributed by atoms with Crippen molar-refractivity contribution in [1.29, 1.82) is 0 Å². The van der Waals surface area contributed by atoms with Crippen LogP contribution in [-0.4, -0.2) is 21.7 Å². The molecule has 1 unspecified atom stereocenters. The van der Waals surface area contributed by atoms with E-state index in [2.05, 4.69) is 15.9 Å². The van der Waals surface area contributed by atoms with E-state index in [1.165, 1.54) is 0 Å². The summed E-state index contributed by atoms with van der Waals surface area (Å²) in [6, 6.07) is 5.08. The van der Waals surface area contributed by atoms with Crippen LogP contribution in [0.4, 0.5) is 0 Å². The average molecular weight is 320 g/mol. The Kier molecular flexibility index (Phi) is 5.15. The Labute approximate surface area is 113 Å². The van der Waals surface area contributed by atoms with Crippen LogP contribution < -0.4 is 0 Å².